The number of urea groups is 1. The fourth-order valence-corrected chi connectivity index (χ4v) is 5.34. The Kier molecular flexibility index (Phi) is 7.81. The molecule has 2 N–H and O–H groups in total. The maximum Gasteiger partial charge on any atom is 0.317 e. The Bertz CT molecular complexity index is 1190. The third kappa shape index (κ3) is 6.45. The van der Waals surface area contributed by atoms with Gasteiger partial charge in [0.05, 0.1) is 18.4 Å². The van der Waals surface area contributed by atoms with E-state index in [2.05, 4.69) is 38.5 Å². The number of nitrogens with one attached hydrogen (secondary N) is 2. The average molecular weight is 510 g/mol. The Morgan fingerprint density at radius 1 is 1.24 bits per heavy atom. The number of carbonyl (C=O) groups excluding carboxylic acids is 2. The van der Waals surface area contributed by atoms with Gasteiger partial charge < -0.3 is 20.4 Å². The highest BCUT2D eigenvalue weighted by atomic mass is 19.1. The Morgan fingerprint density at radius 3 is 2.73 bits per heavy atom. The van der Waals surface area contributed by atoms with Crippen molar-refractivity contribution in [3.05, 3.63) is 30.2 Å². The van der Waals surface area contributed by atoms with Crippen LogP contribution < -0.4 is 15.5 Å². The van der Waals surface area contributed by atoms with Gasteiger partial charge in [-0.15, -0.1) is 0 Å². The normalized spacial score (nSPS) is 24.4. The monoisotopic (exact) mass is 509 g/mol. The van der Waals surface area contributed by atoms with Crippen molar-refractivity contribution >= 4 is 28.5 Å². The maximum absolute atomic E-state index is 14.9. The van der Waals surface area contributed by atoms with Gasteiger partial charge in [0, 0.05) is 55.1 Å². The fourth-order valence-electron chi connectivity index (χ4n) is 5.34. The molecule has 4 rings (SSSR count). The van der Waals surface area contributed by atoms with E-state index in [1.807, 2.05) is 32.9 Å². The zero-order chi connectivity index (χ0) is 26.7. The summed E-state index contributed by atoms with van der Waals surface area (Å²) in [6.07, 6.45) is 3.50. The number of hydrogen-bond donors (Lipinski definition) is 2. The predicted molar refractivity (Wildman–Crippen MR) is 140 cm³/mol. The molecule has 2 aliphatic heterocycles. The topological polar surface area (TPSA) is 114 Å². The SMILES string of the molecule is C[C@H]1C[C@@H](NC(=O)CC2CCN(C(=O)NC(C)(C)C)CC2F)CN(c2cnc(C#N)c3ncccc23)C1. The molecule has 2 aliphatic rings. The number of likely N-dealkylation sites (tertiary alicyclic amines) is 1. The number of nitrogens with zero attached hydrogens (tertiary/aromatic N) is 5. The molecule has 4 heterocycles. The summed E-state index contributed by atoms with van der Waals surface area (Å²) in [5, 5.41) is 16.2. The molecule has 2 unspecified atom stereocenters. The number of aromatic nitrogens is 2. The summed E-state index contributed by atoms with van der Waals surface area (Å²) >= 11 is 0. The van der Waals surface area contributed by atoms with Gasteiger partial charge >= 0.3 is 6.03 Å². The summed E-state index contributed by atoms with van der Waals surface area (Å²) in [6, 6.07) is 5.51. The Balaban J connectivity index is 1.36. The van der Waals surface area contributed by atoms with Gasteiger partial charge in [-0.1, -0.05) is 6.92 Å². The molecule has 2 fully saturated rings. The van der Waals surface area contributed by atoms with Crippen LogP contribution in [0.1, 0.15) is 52.7 Å². The van der Waals surface area contributed by atoms with Gasteiger partial charge in [-0.3, -0.25) is 9.78 Å². The van der Waals surface area contributed by atoms with Crippen LogP contribution >= 0.6 is 0 Å². The van der Waals surface area contributed by atoms with Crippen molar-refractivity contribution in [1.82, 2.24) is 25.5 Å². The number of hydrogen-bond acceptors (Lipinski definition) is 6. The van der Waals surface area contributed by atoms with Crippen LogP contribution in [0, 0.1) is 23.2 Å². The zero-order valence-corrected chi connectivity index (χ0v) is 22.0. The number of pyridine rings is 2. The first-order valence-corrected chi connectivity index (χ1v) is 12.9. The molecule has 2 aromatic rings. The van der Waals surface area contributed by atoms with Crippen LogP contribution in [-0.4, -0.2) is 70.7 Å². The van der Waals surface area contributed by atoms with Gasteiger partial charge in [-0.2, -0.15) is 5.26 Å². The number of rotatable bonds is 4. The van der Waals surface area contributed by atoms with Crippen LogP contribution in [0.3, 0.4) is 0 Å². The van der Waals surface area contributed by atoms with Crippen molar-refractivity contribution in [2.45, 2.75) is 64.7 Å². The van der Waals surface area contributed by atoms with E-state index < -0.39 is 12.1 Å². The summed E-state index contributed by atoms with van der Waals surface area (Å²) in [5.41, 5.74) is 1.36. The lowest BCUT2D eigenvalue weighted by atomic mass is 9.90. The summed E-state index contributed by atoms with van der Waals surface area (Å²) in [7, 11) is 0. The molecule has 2 saturated heterocycles. The Morgan fingerprint density at radius 2 is 2.03 bits per heavy atom. The van der Waals surface area contributed by atoms with Crippen molar-refractivity contribution in [2.24, 2.45) is 11.8 Å². The van der Waals surface area contributed by atoms with E-state index >= 15 is 0 Å². The molecule has 0 aliphatic carbocycles. The highest BCUT2D eigenvalue weighted by molar-refractivity contribution is 5.93. The molecule has 0 saturated carbocycles. The lowest BCUT2D eigenvalue weighted by Gasteiger charge is -2.39. The van der Waals surface area contributed by atoms with Crippen LogP contribution in [0.15, 0.2) is 24.5 Å². The van der Waals surface area contributed by atoms with Crippen LogP contribution in [-0.2, 0) is 4.79 Å². The summed E-state index contributed by atoms with van der Waals surface area (Å²) in [5.74, 6) is -0.253. The first-order chi connectivity index (χ1) is 17.5. The molecule has 198 valence electrons. The molecule has 9 nitrogen and oxygen atoms in total. The third-order valence-electron chi connectivity index (χ3n) is 6.99. The quantitative estimate of drug-likeness (QED) is 0.653. The van der Waals surface area contributed by atoms with Gasteiger partial charge in [-0.05, 0) is 51.7 Å². The van der Waals surface area contributed by atoms with Crippen molar-refractivity contribution < 1.29 is 14.0 Å². The number of carbonyl (C=O) groups is 2. The minimum absolute atomic E-state index is 0.000896. The lowest BCUT2D eigenvalue weighted by Crippen LogP contribution is -2.54. The smallest absolute Gasteiger partial charge is 0.317 e. The first kappa shape index (κ1) is 26.6. The van der Waals surface area contributed by atoms with Crippen LogP contribution in [0.5, 0.6) is 0 Å². The largest absolute Gasteiger partial charge is 0.367 e. The molecule has 3 amide bonds. The summed E-state index contributed by atoms with van der Waals surface area (Å²) < 4.78 is 14.9. The molecular formula is C27H36FN7O2. The van der Waals surface area contributed by atoms with Crippen molar-refractivity contribution in [3.8, 4) is 6.07 Å². The number of fused-ring (bicyclic) bond motifs is 1. The molecule has 4 atom stereocenters. The fraction of sp³-hybridized carbons (Fsp3) is 0.593. The van der Waals surface area contributed by atoms with Crippen LogP contribution in [0.25, 0.3) is 10.9 Å². The van der Waals surface area contributed by atoms with Crippen LogP contribution in [0.2, 0.25) is 0 Å². The second-order valence-corrected chi connectivity index (χ2v) is 11.4. The second-order valence-electron chi connectivity index (χ2n) is 11.4. The van der Waals surface area contributed by atoms with E-state index in [1.165, 1.54) is 4.90 Å². The average Bonchev–Trinajstić information content (AvgIpc) is 2.83. The lowest BCUT2D eigenvalue weighted by molar-refractivity contribution is -0.123. The van der Waals surface area contributed by atoms with Gasteiger partial charge in [0.2, 0.25) is 5.91 Å². The standard InChI is InChI=1S/C27H36FN7O2/c1-17-10-19(15-35(14-17)23-13-31-22(12-29)25-20(23)6-5-8-30-25)32-24(36)11-18-7-9-34(16-21(18)28)26(37)33-27(2,3)4/h5-6,8,13,17-19,21H,7,9-11,14-16H2,1-4H3,(H,32,36)(H,33,37)/t17-,18?,19+,21?/m0/s1. The Hall–Kier alpha value is -3.48. The highest BCUT2D eigenvalue weighted by Crippen LogP contribution is 2.30. The predicted octanol–water partition coefficient (Wildman–Crippen LogP) is 3.39. The Labute approximate surface area is 217 Å². The summed E-state index contributed by atoms with van der Waals surface area (Å²) in [6.45, 7) is 9.63. The van der Waals surface area contributed by atoms with E-state index in [0.29, 0.717) is 30.9 Å². The number of alkyl halides is 1. The molecule has 0 spiro atoms. The maximum atomic E-state index is 14.9. The van der Waals surface area contributed by atoms with Gasteiger partial charge in [-0.25, -0.2) is 14.2 Å². The van der Waals surface area contributed by atoms with E-state index in [9.17, 15) is 19.2 Å². The molecule has 0 aromatic carbocycles. The second kappa shape index (κ2) is 10.9. The number of anilines is 1. The van der Waals surface area contributed by atoms with E-state index in [4.69, 9.17) is 0 Å². The summed E-state index contributed by atoms with van der Waals surface area (Å²) in [4.78, 5) is 37.7. The van der Waals surface area contributed by atoms with Crippen molar-refractivity contribution in [3.63, 3.8) is 0 Å². The van der Waals surface area contributed by atoms with E-state index in [-0.39, 0.29) is 42.2 Å². The van der Waals surface area contributed by atoms with Crippen LogP contribution in [0.4, 0.5) is 14.9 Å². The number of amides is 3. The van der Waals surface area contributed by atoms with Crippen molar-refractivity contribution in [2.75, 3.05) is 31.1 Å². The van der Waals surface area contributed by atoms with Gasteiger partial charge in [0.15, 0.2) is 5.69 Å². The molecule has 2 aromatic heterocycles. The zero-order valence-electron chi connectivity index (χ0n) is 22.0. The molecule has 10 heteroatoms. The van der Waals surface area contributed by atoms with Gasteiger partial charge in [0.1, 0.15) is 17.8 Å². The van der Waals surface area contributed by atoms with E-state index in [0.717, 1.165) is 24.0 Å². The third-order valence-corrected chi connectivity index (χ3v) is 6.99. The van der Waals surface area contributed by atoms with Gasteiger partial charge in [0.25, 0.3) is 0 Å². The number of halogens is 1. The molecular weight excluding hydrogens is 473 g/mol. The number of piperidine rings is 2. The highest BCUT2D eigenvalue weighted by Gasteiger charge is 2.35. The molecule has 37 heavy (non-hydrogen) atoms. The minimum atomic E-state index is -1.24. The minimum Gasteiger partial charge on any atom is -0.367 e. The molecule has 0 radical (unpaired) electrons. The van der Waals surface area contributed by atoms with E-state index in [1.54, 1.807) is 12.4 Å². The molecule has 0 bridgehead atoms. The first-order valence-electron chi connectivity index (χ1n) is 12.9. The van der Waals surface area contributed by atoms with Crippen molar-refractivity contribution in [1.29, 1.82) is 5.26 Å². The number of nitriles is 1.